The van der Waals surface area contributed by atoms with Gasteiger partial charge in [-0.2, -0.15) is 0 Å². The van der Waals surface area contributed by atoms with E-state index < -0.39 is 5.97 Å². The summed E-state index contributed by atoms with van der Waals surface area (Å²) in [5, 5.41) is 4.50. The first-order chi connectivity index (χ1) is 15.4. The van der Waals surface area contributed by atoms with Gasteiger partial charge in [0.05, 0.1) is 16.8 Å². The van der Waals surface area contributed by atoms with Crippen LogP contribution in [0, 0.1) is 0 Å². The van der Waals surface area contributed by atoms with Crippen molar-refractivity contribution in [2.75, 3.05) is 6.61 Å². The number of hydrogen-bond acceptors (Lipinski definition) is 6. The second kappa shape index (κ2) is 15.3. The van der Waals surface area contributed by atoms with Gasteiger partial charge in [-0.05, 0) is 57.2 Å². The zero-order valence-corrected chi connectivity index (χ0v) is 21.1. The summed E-state index contributed by atoms with van der Waals surface area (Å²) in [4.78, 5) is 29.2. The summed E-state index contributed by atoms with van der Waals surface area (Å²) in [5.41, 5.74) is 0.801. The molecule has 0 spiro atoms. The Hall–Kier alpha value is -1.60. The summed E-state index contributed by atoms with van der Waals surface area (Å²) in [7, 11) is 0. The monoisotopic (exact) mass is 529 g/mol. The highest BCUT2D eigenvalue weighted by atomic mass is 79.9. The van der Waals surface area contributed by atoms with Crippen LogP contribution in [0.15, 0.2) is 27.8 Å². The van der Waals surface area contributed by atoms with Gasteiger partial charge in [0.1, 0.15) is 5.75 Å². The average molecular weight is 531 g/mol. The first-order valence-electron chi connectivity index (χ1n) is 11.5. The van der Waals surface area contributed by atoms with Crippen molar-refractivity contribution in [1.82, 2.24) is 0 Å². The van der Waals surface area contributed by atoms with E-state index in [0.29, 0.717) is 30.0 Å². The number of carbonyl (C=O) groups is 2. The Bertz CT molecular complexity index is 771. The van der Waals surface area contributed by atoms with Gasteiger partial charge in [0.25, 0.3) is 0 Å². The van der Waals surface area contributed by atoms with Crippen LogP contribution in [-0.4, -0.2) is 30.4 Å². The third-order valence-electron chi connectivity index (χ3n) is 5.28. The molecule has 0 bridgehead atoms. The van der Waals surface area contributed by atoms with Crippen LogP contribution in [0.25, 0.3) is 0 Å². The molecule has 1 aromatic rings. The lowest BCUT2D eigenvalue weighted by molar-refractivity contribution is -0.148. The van der Waals surface area contributed by atoms with Gasteiger partial charge in [0, 0.05) is 10.9 Å². The molecular weight excluding hydrogens is 498 g/mol. The van der Waals surface area contributed by atoms with Gasteiger partial charge in [-0.15, -0.1) is 0 Å². The number of benzene rings is 1. The standard InChI is InChI=1S/C24H33BrClNO5/c1-18-12-14-20(10-8-6-4-2-3-5-7-9-11-23(28)31-18)27-32-24(29)17-30-22-15-13-19(25)16-21(22)26/h13,15-16,18H,2-12,14,17H2,1H3/b27-20+. The number of halogens is 2. The lowest BCUT2D eigenvalue weighted by Crippen LogP contribution is -2.17. The Morgan fingerprint density at radius 1 is 1.09 bits per heavy atom. The lowest BCUT2D eigenvalue weighted by Gasteiger charge is -2.14. The number of nitrogens with zero attached hydrogens (tertiary/aromatic N) is 1. The fraction of sp³-hybridized carbons (Fsp3) is 0.625. The van der Waals surface area contributed by atoms with Gasteiger partial charge in [-0.3, -0.25) is 4.79 Å². The number of carbonyl (C=O) groups excluding carboxylic acids is 2. The second-order valence-electron chi connectivity index (χ2n) is 8.15. The quantitative estimate of drug-likeness (QED) is 0.238. The van der Waals surface area contributed by atoms with E-state index in [2.05, 4.69) is 21.1 Å². The van der Waals surface area contributed by atoms with Crippen molar-refractivity contribution in [3.8, 4) is 5.75 Å². The molecule has 0 aliphatic carbocycles. The summed E-state index contributed by atoms with van der Waals surface area (Å²) >= 11 is 9.42. The predicted molar refractivity (Wildman–Crippen MR) is 129 cm³/mol. The molecule has 0 aromatic heterocycles. The molecule has 32 heavy (non-hydrogen) atoms. The van der Waals surface area contributed by atoms with E-state index in [9.17, 15) is 9.59 Å². The molecule has 1 heterocycles. The molecule has 6 nitrogen and oxygen atoms in total. The van der Waals surface area contributed by atoms with Crippen LogP contribution in [0.3, 0.4) is 0 Å². The van der Waals surface area contributed by atoms with Crippen molar-refractivity contribution in [2.45, 2.75) is 90.1 Å². The van der Waals surface area contributed by atoms with E-state index >= 15 is 0 Å². The van der Waals surface area contributed by atoms with E-state index in [1.54, 1.807) is 18.2 Å². The van der Waals surface area contributed by atoms with Gasteiger partial charge < -0.3 is 14.3 Å². The predicted octanol–water partition coefficient (Wildman–Crippen LogP) is 7.01. The Morgan fingerprint density at radius 2 is 1.75 bits per heavy atom. The molecule has 0 N–H and O–H groups in total. The zero-order valence-electron chi connectivity index (χ0n) is 18.7. The van der Waals surface area contributed by atoms with Gasteiger partial charge in [-0.1, -0.05) is 71.2 Å². The largest absolute Gasteiger partial charge is 0.480 e. The van der Waals surface area contributed by atoms with Crippen LogP contribution in [0.5, 0.6) is 5.75 Å². The first kappa shape index (κ1) is 26.7. The van der Waals surface area contributed by atoms with Gasteiger partial charge in [0.15, 0.2) is 6.61 Å². The molecule has 0 radical (unpaired) electrons. The normalized spacial score (nSPS) is 21.0. The summed E-state index contributed by atoms with van der Waals surface area (Å²) in [5.74, 6) is -0.332. The maximum Gasteiger partial charge on any atom is 0.372 e. The SMILES string of the molecule is CC1CC/C(=N/OC(=O)COc2ccc(Br)cc2Cl)CCCCCCCCCCC(=O)O1. The Morgan fingerprint density at radius 3 is 2.44 bits per heavy atom. The van der Waals surface area contributed by atoms with Gasteiger partial charge >= 0.3 is 11.9 Å². The van der Waals surface area contributed by atoms with Crippen LogP contribution in [0.1, 0.15) is 84.0 Å². The Labute approximate surface area is 204 Å². The minimum atomic E-state index is -0.594. The van der Waals surface area contributed by atoms with Crippen LogP contribution < -0.4 is 4.74 Å². The molecule has 1 aromatic carbocycles. The van der Waals surface area contributed by atoms with Crippen LogP contribution in [0.2, 0.25) is 5.02 Å². The highest BCUT2D eigenvalue weighted by Gasteiger charge is 2.13. The fourth-order valence-electron chi connectivity index (χ4n) is 3.46. The lowest BCUT2D eigenvalue weighted by atomic mass is 10.0. The molecule has 0 saturated carbocycles. The first-order valence-corrected chi connectivity index (χ1v) is 12.6. The van der Waals surface area contributed by atoms with Crippen LogP contribution >= 0.6 is 27.5 Å². The topological polar surface area (TPSA) is 74.2 Å². The smallest absolute Gasteiger partial charge is 0.372 e. The zero-order chi connectivity index (χ0) is 23.2. The summed E-state index contributed by atoms with van der Waals surface area (Å²) in [6, 6.07) is 5.14. The van der Waals surface area contributed by atoms with Gasteiger partial charge in [0.2, 0.25) is 0 Å². The summed E-state index contributed by atoms with van der Waals surface area (Å²) in [6.45, 7) is 1.60. The van der Waals surface area contributed by atoms with E-state index in [1.807, 2.05) is 6.92 Å². The molecule has 178 valence electrons. The second-order valence-corrected chi connectivity index (χ2v) is 9.47. The minimum absolute atomic E-state index is 0.140. The number of oxime groups is 1. The molecular formula is C24H33BrClNO5. The number of cyclic esters (lactones) is 1. The van der Waals surface area contributed by atoms with Gasteiger partial charge in [-0.25, -0.2) is 4.79 Å². The third kappa shape index (κ3) is 11.3. The highest BCUT2D eigenvalue weighted by Crippen LogP contribution is 2.27. The van der Waals surface area contributed by atoms with Crippen molar-refractivity contribution in [2.24, 2.45) is 5.16 Å². The van der Waals surface area contributed by atoms with Crippen molar-refractivity contribution in [3.05, 3.63) is 27.7 Å². The number of rotatable bonds is 4. The van der Waals surface area contributed by atoms with E-state index in [4.69, 9.17) is 25.9 Å². The molecule has 1 aliphatic heterocycles. The van der Waals surface area contributed by atoms with Crippen molar-refractivity contribution in [3.63, 3.8) is 0 Å². The molecule has 1 fully saturated rings. The van der Waals surface area contributed by atoms with E-state index in [0.717, 1.165) is 42.3 Å². The molecule has 2 rings (SSSR count). The Balaban J connectivity index is 1.87. The summed E-state index contributed by atoms with van der Waals surface area (Å²) in [6.07, 6.45) is 11.2. The number of esters is 1. The van der Waals surface area contributed by atoms with E-state index in [1.165, 1.54) is 25.7 Å². The molecule has 1 unspecified atom stereocenters. The number of ether oxygens (including phenoxy) is 2. The summed E-state index contributed by atoms with van der Waals surface area (Å²) < 4.78 is 11.7. The van der Waals surface area contributed by atoms with Crippen molar-refractivity contribution < 1.29 is 23.9 Å². The molecule has 1 atom stereocenters. The Kier molecular flexibility index (Phi) is 12.7. The molecule has 8 heteroatoms. The van der Waals surface area contributed by atoms with E-state index in [-0.39, 0.29) is 18.7 Å². The third-order valence-corrected chi connectivity index (χ3v) is 6.07. The minimum Gasteiger partial charge on any atom is -0.480 e. The van der Waals surface area contributed by atoms with Crippen LogP contribution in [0.4, 0.5) is 0 Å². The van der Waals surface area contributed by atoms with Crippen molar-refractivity contribution >= 4 is 45.2 Å². The molecule has 1 aliphatic rings. The molecule has 0 amide bonds. The maximum absolute atomic E-state index is 12.1. The van der Waals surface area contributed by atoms with Crippen LogP contribution in [-0.2, 0) is 19.2 Å². The molecule has 1 saturated heterocycles. The highest BCUT2D eigenvalue weighted by molar-refractivity contribution is 9.10. The number of hydrogen-bond donors (Lipinski definition) is 0. The fourth-order valence-corrected chi connectivity index (χ4v) is 4.19. The van der Waals surface area contributed by atoms with Crippen molar-refractivity contribution in [1.29, 1.82) is 0 Å². The maximum atomic E-state index is 12.1. The average Bonchev–Trinajstić information content (AvgIpc) is 2.74.